The normalized spacial score (nSPS) is 20.3. The molecule has 9 nitrogen and oxygen atoms in total. The molecule has 2 unspecified atom stereocenters. The molecule has 0 bridgehead atoms. The number of carbonyl (C=O) groups is 1. The molecule has 1 amide bonds. The van der Waals surface area contributed by atoms with Crippen LogP contribution in [-0.4, -0.2) is 34.8 Å². The van der Waals surface area contributed by atoms with Crippen molar-refractivity contribution in [3.63, 3.8) is 0 Å². The molecule has 9 heteroatoms. The Morgan fingerprint density at radius 1 is 1.29 bits per heavy atom. The first-order valence-electron chi connectivity index (χ1n) is 9.37. The number of aryl methyl sites for hydroxylation is 1. The van der Waals surface area contributed by atoms with Gasteiger partial charge in [-0.2, -0.15) is 0 Å². The highest BCUT2D eigenvalue weighted by molar-refractivity contribution is 5.82. The molecule has 2 aromatic rings. The van der Waals surface area contributed by atoms with Gasteiger partial charge in [-0.3, -0.25) is 14.2 Å². The number of hydrazine groups is 1. The fourth-order valence-electron chi connectivity index (χ4n) is 3.32. The summed E-state index contributed by atoms with van der Waals surface area (Å²) in [4.78, 5) is 28.6. The highest BCUT2D eigenvalue weighted by Crippen LogP contribution is 2.35. The van der Waals surface area contributed by atoms with E-state index in [1.165, 1.54) is 17.0 Å². The maximum absolute atomic E-state index is 12.4. The highest BCUT2D eigenvalue weighted by Gasteiger charge is 2.30. The molecule has 0 aliphatic carbocycles. The van der Waals surface area contributed by atoms with Crippen molar-refractivity contribution >= 4 is 5.91 Å². The molecule has 1 saturated heterocycles. The number of nitrogens with zero attached hydrogens (tertiary/aromatic N) is 2. The maximum atomic E-state index is 12.4. The lowest BCUT2D eigenvalue weighted by molar-refractivity contribution is -0.122. The van der Waals surface area contributed by atoms with E-state index in [-0.39, 0.29) is 30.3 Å². The Kier molecular flexibility index (Phi) is 5.27. The van der Waals surface area contributed by atoms with Gasteiger partial charge in [0.1, 0.15) is 6.04 Å². The smallest absolute Gasteiger partial charge is 0.253 e. The zero-order valence-electron chi connectivity index (χ0n) is 15.6. The van der Waals surface area contributed by atoms with Gasteiger partial charge in [-0.15, -0.1) is 0 Å². The third-order valence-electron chi connectivity index (χ3n) is 4.97. The average Bonchev–Trinajstić information content (AvgIpc) is 3.38. The average molecular weight is 385 g/mol. The number of benzene rings is 1. The van der Waals surface area contributed by atoms with Crippen molar-refractivity contribution in [1.29, 1.82) is 0 Å². The van der Waals surface area contributed by atoms with Crippen molar-refractivity contribution in [2.75, 3.05) is 13.3 Å². The molecule has 4 rings (SSSR count). The second kappa shape index (κ2) is 7.99. The summed E-state index contributed by atoms with van der Waals surface area (Å²) >= 11 is 0. The van der Waals surface area contributed by atoms with Gasteiger partial charge < -0.3 is 14.8 Å². The van der Waals surface area contributed by atoms with Crippen molar-refractivity contribution in [2.24, 2.45) is 0 Å². The van der Waals surface area contributed by atoms with Crippen LogP contribution in [0.15, 0.2) is 35.4 Å². The molecule has 148 valence electrons. The van der Waals surface area contributed by atoms with E-state index in [0.717, 1.165) is 29.2 Å². The Morgan fingerprint density at radius 3 is 2.96 bits per heavy atom. The topological polar surface area (TPSA) is 107 Å². The van der Waals surface area contributed by atoms with Crippen LogP contribution in [0, 0.1) is 0 Å². The summed E-state index contributed by atoms with van der Waals surface area (Å²) in [7, 11) is 0. The number of fused-ring (bicyclic) bond motifs is 1. The molecule has 0 saturated carbocycles. The first-order valence-corrected chi connectivity index (χ1v) is 9.37. The summed E-state index contributed by atoms with van der Waals surface area (Å²) in [5, 5.41) is 2.87. The van der Waals surface area contributed by atoms with Crippen LogP contribution in [0.3, 0.4) is 0 Å². The van der Waals surface area contributed by atoms with E-state index in [1.54, 1.807) is 0 Å². The number of rotatable bonds is 6. The second-order valence-corrected chi connectivity index (χ2v) is 6.80. The first-order chi connectivity index (χ1) is 13.6. The van der Waals surface area contributed by atoms with Gasteiger partial charge in [0, 0.05) is 30.9 Å². The highest BCUT2D eigenvalue weighted by atomic mass is 16.7. The molecular formula is C19H23N5O4. The van der Waals surface area contributed by atoms with Crippen LogP contribution < -0.4 is 31.2 Å². The standard InChI is InChI=1S/C19H23N5O4/c1-2-13-8-18(25)24(10-21-13)6-5-20-19(26)15-9-14(22-23-15)12-3-4-16-17(7-12)28-11-27-16/h3-4,7-8,10,14-15,22-23H,2,5-6,9,11H2,1H3,(H,20,26). The van der Waals surface area contributed by atoms with Gasteiger partial charge in [-0.1, -0.05) is 13.0 Å². The third-order valence-corrected chi connectivity index (χ3v) is 4.97. The van der Waals surface area contributed by atoms with E-state index in [4.69, 9.17) is 9.47 Å². The molecule has 1 aromatic carbocycles. The van der Waals surface area contributed by atoms with E-state index in [9.17, 15) is 9.59 Å². The van der Waals surface area contributed by atoms with Crippen molar-refractivity contribution in [1.82, 2.24) is 25.7 Å². The van der Waals surface area contributed by atoms with Gasteiger partial charge in [0.2, 0.25) is 12.7 Å². The monoisotopic (exact) mass is 385 g/mol. The predicted octanol–water partition coefficient (Wildman–Crippen LogP) is 0.258. The summed E-state index contributed by atoms with van der Waals surface area (Å²) in [5.74, 6) is 1.35. The van der Waals surface area contributed by atoms with Gasteiger partial charge >= 0.3 is 0 Å². The summed E-state index contributed by atoms with van der Waals surface area (Å²) in [6.45, 7) is 2.93. The molecule has 3 heterocycles. The lowest BCUT2D eigenvalue weighted by atomic mass is 10.0. The minimum atomic E-state index is -0.354. The maximum Gasteiger partial charge on any atom is 0.253 e. The minimum absolute atomic E-state index is 0.00124. The second-order valence-electron chi connectivity index (χ2n) is 6.80. The SMILES string of the molecule is CCc1cc(=O)n(CCNC(=O)C2CC(c3ccc4c(c3)OCO4)NN2)cn1. The quantitative estimate of drug-likeness (QED) is 0.655. The molecule has 1 aromatic heterocycles. The fraction of sp³-hybridized carbons (Fsp3) is 0.421. The van der Waals surface area contributed by atoms with Gasteiger partial charge in [0.15, 0.2) is 11.5 Å². The molecule has 0 spiro atoms. The number of nitrogens with one attached hydrogen (secondary N) is 3. The van der Waals surface area contributed by atoms with Crippen molar-refractivity contribution < 1.29 is 14.3 Å². The van der Waals surface area contributed by atoms with Gasteiger partial charge in [-0.25, -0.2) is 15.8 Å². The zero-order chi connectivity index (χ0) is 19.5. The van der Waals surface area contributed by atoms with Crippen LogP contribution in [0.2, 0.25) is 0 Å². The van der Waals surface area contributed by atoms with Gasteiger partial charge in [-0.05, 0) is 30.5 Å². The summed E-state index contributed by atoms with van der Waals surface area (Å²) < 4.78 is 12.2. The Hall–Kier alpha value is -2.91. The molecule has 2 aliphatic rings. The van der Waals surface area contributed by atoms with E-state index < -0.39 is 0 Å². The van der Waals surface area contributed by atoms with Crippen LogP contribution in [-0.2, 0) is 17.8 Å². The molecule has 3 N–H and O–H groups in total. The molecule has 1 fully saturated rings. The molecule has 28 heavy (non-hydrogen) atoms. The van der Waals surface area contributed by atoms with Crippen molar-refractivity contribution in [3.8, 4) is 11.5 Å². The Morgan fingerprint density at radius 2 is 2.14 bits per heavy atom. The lowest BCUT2D eigenvalue weighted by Crippen LogP contribution is -2.44. The Labute approximate surface area is 162 Å². The molecule has 2 aliphatic heterocycles. The molecular weight excluding hydrogens is 362 g/mol. The number of aromatic nitrogens is 2. The number of ether oxygens (including phenoxy) is 2. The number of carbonyl (C=O) groups excluding carboxylic acids is 1. The predicted molar refractivity (Wildman–Crippen MR) is 101 cm³/mol. The fourth-order valence-corrected chi connectivity index (χ4v) is 3.32. The largest absolute Gasteiger partial charge is 0.454 e. The minimum Gasteiger partial charge on any atom is -0.454 e. The van der Waals surface area contributed by atoms with E-state index >= 15 is 0 Å². The molecule has 0 radical (unpaired) electrons. The van der Waals surface area contributed by atoms with Crippen LogP contribution in [0.1, 0.15) is 30.6 Å². The Balaban J connectivity index is 1.28. The van der Waals surface area contributed by atoms with E-state index in [2.05, 4.69) is 21.2 Å². The summed E-state index contributed by atoms with van der Waals surface area (Å²) in [6.07, 6.45) is 2.86. The van der Waals surface area contributed by atoms with E-state index in [0.29, 0.717) is 19.5 Å². The first kappa shape index (κ1) is 18.5. The van der Waals surface area contributed by atoms with Crippen LogP contribution >= 0.6 is 0 Å². The number of hydrogen-bond donors (Lipinski definition) is 3. The molecule has 2 atom stereocenters. The van der Waals surface area contributed by atoms with E-state index in [1.807, 2.05) is 25.1 Å². The van der Waals surface area contributed by atoms with Gasteiger partial charge in [0.05, 0.1) is 6.33 Å². The van der Waals surface area contributed by atoms with Crippen LogP contribution in [0.5, 0.6) is 11.5 Å². The van der Waals surface area contributed by atoms with Crippen LogP contribution in [0.25, 0.3) is 0 Å². The van der Waals surface area contributed by atoms with Crippen LogP contribution in [0.4, 0.5) is 0 Å². The summed E-state index contributed by atoms with van der Waals surface area (Å²) in [6, 6.07) is 6.95. The lowest BCUT2D eigenvalue weighted by Gasteiger charge is -2.12. The summed E-state index contributed by atoms with van der Waals surface area (Å²) in [5.41, 5.74) is 7.87. The third kappa shape index (κ3) is 3.85. The zero-order valence-corrected chi connectivity index (χ0v) is 15.6. The number of hydrogen-bond acceptors (Lipinski definition) is 7. The van der Waals surface area contributed by atoms with Crippen molar-refractivity contribution in [2.45, 2.75) is 38.4 Å². The van der Waals surface area contributed by atoms with Crippen molar-refractivity contribution in [3.05, 3.63) is 52.2 Å². The number of amides is 1. The van der Waals surface area contributed by atoms with Gasteiger partial charge in [0.25, 0.3) is 5.56 Å². The Bertz CT molecular complexity index is 929.